The maximum Gasteiger partial charge on any atom is 0.0331 e. The topological polar surface area (TPSA) is 26.0 Å². The predicted molar refractivity (Wildman–Crippen MR) is 85.9 cm³/mol. The fourth-order valence-corrected chi connectivity index (χ4v) is 4.37. The molecule has 2 N–H and O–H groups in total. The lowest BCUT2D eigenvalue weighted by molar-refractivity contribution is 0.497. The van der Waals surface area contributed by atoms with E-state index in [2.05, 4.69) is 45.9 Å². The van der Waals surface area contributed by atoms with Gasteiger partial charge in [0.15, 0.2) is 0 Å². The second-order valence-electron chi connectivity index (χ2n) is 7.56. The van der Waals surface area contributed by atoms with Crippen LogP contribution in [-0.4, -0.2) is 0 Å². The quantitative estimate of drug-likeness (QED) is 0.821. The van der Waals surface area contributed by atoms with E-state index < -0.39 is 0 Å². The molecule has 0 saturated heterocycles. The zero-order valence-electron chi connectivity index (χ0n) is 13.4. The van der Waals surface area contributed by atoms with Gasteiger partial charge < -0.3 is 5.73 Å². The third kappa shape index (κ3) is 2.30. The molecule has 2 fully saturated rings. The van der Waals surface area contributed by atoms with Crippen LogP contribution >= 0.6 is 0 Å². The van der Waals surface area contributed by atoms with E-state index in [-0.39, 0.29) is 6.04 Å². The van der Waals surface area contributed by atoms with Crippen LogP contribution in [0.3, 0.4) is 0 Å². The van der Waals surface area contributed by atoms with E-state index in [1.54, 1.807) is 0 Å². The summed E-state index contributed by atoms with van der Waals surface area (Å²) in [4.78, 5) is 0. The standard InChI is InChI=1S/C19H29N/c1-11(2)13-8-9-16(17(10-13)12(3)4)19(20)18-14-6-5-7-15(14)18/h8-12,14-15,18-19H,5-7,20H2,1-4H3. The molecule has 0 bridgehead atoms. The van der Waals surface area contributed by atoms with Gasteiger partial charge in [-0.1, -0.05) is 52.3 Å². The number of hydrogen-bond acceptors (Lipinski definition) is 1. The molecule has 0 radical (unpaired) electrons. The molecule has 1 nitrogen and oxygen atoms in total. The molecule has 2 aliphatic rings. The molecule has 110 valence electrons. The molecule has 1 heteroatoms. The van der Waals surface area contributed by atoms with Crippen LogP contribution in [0.2, 0.25) is 0 Å². The van der Waals surface area contributed by atoms with E-state index in [1.807, 2.05) is 0 Å². The highest BCUT2D eigenvalue weighted by atomic mass is 14.7. The fraction of sp³-hybridized carbons (Fsp3) is 0.684. The van der Waals surface area contributed by atoms with Gasteiger partial charge in [-0.3, -0.25) is 0 Å². The largest absolute Gasteiger partial charge is 0.324 e. The van der Waals surface area contributed by atoms with Crippen molar-refractivity contribution >= 4 is 0 Å². The van der Waals surface area contributed by atoms with Crippen molar-refractivity contribution in [3.63, 3.8) is 0 Å². The van der Waals surface area contributed by atoms with Gasteiger partial charge in [0, 0.05) is 6.04 Å². The summed E-state index contributed by atoms with van der Waals surface area (Å²) in [6.07, 6.45) is 4.27. The van der Waals surface area contributed by atoms with Crippen LogP contribution in [0.5, 0.6) is 0 Å². The molecule has 2 aliphatic carbocycles. The van der Waals surface area contributed by atoms with Gasteiger partial charge in [0.25, 0.3) is 0 Å². The average molecular weight is 271 g/mol. The molecule has 0 heterocycles. The fourth-order valence-electron chi connectivity index (χ4n) is 4.37. The monoisotopic (exact) mass is 271 g/mol. The third-order valence-corrected chi connectivity index (χ3v) is 5.65. The van der Waals surface area contributed by atoms with E-state index in [4.69, 9.17) is 5.73 Å². The first kappa shape index (κ1) is 14.1. The highest BCUT2D eigenvalue weighted by Crippen LogP contribution is 2.61. The molecule has 1 aromatic carbocycles. The van der Waals surface area contributed by atoms with Crippen molar-refractivity contribution in [3.05, 3.63) is 34.9 Å². The van der Waals surface area contributed by atoms with Crippen LogP contribution in [0.25, 0.3) is 0 Å². The Bertz CT molecular complexity index is 479. The summed E-state index contributed by atoms with van der Waals surface area (Å²) in [7, 11) is 0. The van der Waals surface area contributed by atoms with Crippen LogP contribution in [0.4, 0.5) is 0 Å². The summed E-state index contributed by atoms with van der Waals surface area (Å²) in [5, 5.41) is 0. The Morgan fingerprint density at radius 3 is 2.15 bits per heavy atom. The van der Waals surface area contributed by atoms with Gasteiger partial charge in [-0.25, -0.2) is 0 Å². The third-order valence-electron chi connectivity index (χ3n) is 5.65. The highest BCUT2D eigenvalue weighted by molar-refractivity contribution is 5.38. The van der Waals surface area contributed by atoms with Crippen molar-refractivity contribution < 1.29 is 0 Å². The van der Waals surface area contributed by atoms with Gasteiger partial charge in [-0.15, -0.1) is 0 Å². The second-order valence-corrected chi connectivity index (χ2v) is 7.56. The first-order valence-corrected chi connectivity index (χ1v) is 8.40. The number of fused-ring (bicyclic) bond motifs is 1. The molecule has 3 unspecified atom stereocenters. The Morgan fingerprint density at radius 1 is 0.950 bits per heavy atom. The Labute approximate surface area is 124 Å². The van der Waals surface area contributed by atoms with Crippen molar-refractivity contribution in [1.82, 2.24) is 0 Å². The molecule has 1 aromatic rings. The Balaban J connectivity index is 1.88. The first-order chi connectivity index (χ1) is 9.50. The molecule has 3 atom stereocenters. The van der Waals surface area contributed by atoms with Gasteiger partial charge in [-0.05, 0) is 59.1 Å². The molecule has 0 amide bonds. The molecule has 3 rings (SSSR count). The molecular weight excluding hydrogens is 242 g/mol. The normalized spacial score (nSPS) is 29.9. The SMILES string of the molecule is CC(C)c1ccc(C(N)C2C3CCCC32)c(C(C)C)c1. The lowest BCUT2D eigenvalue weighted by Crippen LogP contribution is -2.18. The van der Waals surface area contributed by atoms with Crippen LogP contribution in [0.15, 0.2) is 18.2 Å². The maximum absolute atomic E-state index is 6.66. The lowest BCUT2D eigenvalue weighted by atomic mass is 9.86. The minimum Gasteiger partial charge on any atom is -0.324 e. The van der Waals surface area contributed by atoms with Gasteiger partial charge in [0.1, 0.15) is 0 Å². The van der Waals surface area contributed by atoms with Crippen molar-refractivity contribution in [2.24, 2.45) is 23.5 Å². The van der Waals surface area contributed by atoms with E-state index in [0.717, 1.165) is 17.8 Å². The van der Waals surface area contributed by atoms with E-state index in [1.165, 1.54) is 36.0 Å². The molecule has 0 aliphatic heterocycles. The van der Waals surface area contributed by atoms with Crippen molar-refractivity contribution in [2.45, 2.75) is 64.8 Å². The van der Waals surface area contributed by atoms with Crippen molar-refractivity contribution in [1.29, 1.82) is 0 Å². The minimum absolute atomic E-state index is 0.268. The summed E-state index contributed by atoms with van der Waals surface area (Å²) >= 11 is 0. The van der Waals surface area contributed by atoms with Crippen LogP contribution in [-0.2, 0) is 0 Å². The number of rotatable bonds is 4. The maximum atomic E-state index is 6.66. The van der Waals surface area contributed by atoms with Crippen LogP contribution < -0.4 is 5.73 Å². The predicted octanol–water partition coefficient (Wildman–Crippen LogP) is 4.98. The van der Waals surface area contributed by atoms with Crippen LogP contribution in [0, 0.1) is 17.8 Å². The van der Waals surface area contributed by atoms with Gasteiger partial charge in [-0.2, -0.15) is 0 Å². The van der Waals surface area contributed by atoms with Crippen LogP contribution in [0.1, 0.15) is 81.5 Å². The number of benzene rings is 1. The molecule has 0 spiro atoms. The van der Waals surface area contributed by atoms with Crippen molar-refractivity contribution in [2.75, 3.05) is 0 Å². The van der Waals surface area contributed by atoms with Gasteiger partial charge >= 0.3 is 0 Å². The van der Waals surface area contributed by atoms with E-state index >= 15 is 0 Å². The lowest BCUT2D eigenvalue weighted by Gasteiger charge is -2.22. The average Bonchev–Trinajstić information content (AvgIpc) is 2.89. The van der Waals surface area contributed by atoms with Gasteiger partial charge in [0.2, 0.25) is 0 Å². The van der Waals surface area contributed by atoms with Crippen molar-refractivity contribution in [3.8, 4) is 0 Å². The zero-order chi connectivity index (χ0) is 14.4. The summed E-state index contributed by atoms with van der Waals surface area (Å²) in [5.41, 5.74) is 11.0. The highest BCUT2D eigenvalue weighted by Gasteiger charge is 2.55. The molecule has 20 heavy (non-hydrogen) atoms. The number of nitrogens with two attached hydrogens (primary N) is 1. The van der Waals surface area contributed by atoms with E-state index in [0.29, 0.717) is 11.8 Å². The molecule has 2 saturated carbocycles. The summed E-state index contributed by atoms with van der Waals surface area (Å²) < 4.78 is 0. The Morgan fingerprint density at radius 2 is 1.60 bits per heavy atom. The summed E-state index contributed by atoms with van der Waals surface area (Å²) in [5.74, 6) is 3.81. The second kappa shape index (κ2) is 5.18. The molecular formula is C19H29N. The zero-order valence-corrected chi connectivity index (χ0v) is 13.4. The minimum atomic E-state index is 0.268. The smallest absolute Gasteiger partial charge is 0.0331 e. The first-order valence-electron chi connectivity index (χ1n) is 8.40. The summed E-state index contributed by atoms with van der Waals surface area (Å²) in [6, 6.07) is 7.29. The van der Waals surface area contributed by atoms with E-state index in [9.17, 15) is 0 Å². The molecule has 0 aromatic heterocycles. The Kier molecular flexibility index (Phi) is 3.66. The Hall–Kier alpha value is -0.820. The van der Waals surface area contributed by atoms with Gasteiger partial charge in [0.05, 0.1) is 0 Å². The number of hydrogen-bond donors (Lipinski definition) is 1. The summed E-state index contributed by atoms with van der Waals surface area (Å²) in [6.45, 7) is 9.13.